The summed E-state index contributed by atoms with van der Waals surface area (Å²) in [6.45, 7) is 0. The Bertz CT molecular complexity index is 1170. The molecule has 4 rings (SSSR count). The number of carbonyl (C=O) groups is 2. The second kappa shape index (κ2) is 7.46. The molecule has 0 saturated heterocycles. The van der Waals surface area contributed by atoms with Gasteiger partial charge in [0.1, 0.15) is 4.83 Å². The first-order valence-corrected chi connectivity index (χ1v) is 11.1. The normalized spacial score (nSPS) is 15.7. The lowest BCUT2D eigenvalue weighted by Gasteiger charge is -2.09. The van der Waals surface area contributed by atoms with Gasteiger partial charge < -0.3 is 5.11 Å². The molecule has 0 fully saturated rings. The number of carbonyl (C=O) groups excluding carboxylic acids is 1. The summed E-state index contributed by atoms with van der Waals surface area (Å²) in [4.78, 5) is 42.9. The summed E-state index contributed by atoms with van der Waals surface area (Å²) in [7, 11) is 1.61. The largest absolute Gasteiger partial charge is 0.481 e. The van der Waals surface area contributed by atoms with E-state index in [1.165, 1.54) is 27.7 Å². The lowest BCUT2D eigenvalue weighted by Crippen LogP contribution is -2.21. The molecule has 1 aromatic carbocycles. The number of ketones is 1. The highest BCUT2D eigenvalue weighted by molar-refractivity contribution is 9.10. The number of carboxylic acids is 1. The average Bonchev–Trinajstić information content (AvgIpc) is 3.22. The van der Waals surface area contributed by atoms with Gasteiger partial charge in [-0.1, -0.05) is 39.8 Å². The summed E-state index contributed by atoms with van der Waals surface area (Å²) in [5, 5.41) is 10.3. The number of carboxylic acid groups (broad SMARTS) is 1. The minimum atomic E-state index is -0.904. The number of rotatable bonds is 5. The third-order valence-electron chi connectivity index (χ3n) is 4.81. The van der Waals surface area contributed by atoms with Crippen LogP contribution in [0.15, 0.2) is 38.7 Å². The van der Waals surface area contributed by atoms with Gasteiger partial charge in [-0.15, -0.1) is 11.3 Å². The van der Waals surface area contributed by atoms with Crippen LogP contribution in [0.25, 0.3) is 10.2 Å². The van der Waals surface area contributed by atoms with Gasteiger partial charge in [-0.3, -0.25) is 19.0 Å². The molecule has 0 amide bonds. The van der Waals surface area contributed by atoms with Crippen molar-refractivity contribution in [2.45, 2.75) is 23.9 Å². The molecule has 1 aliphatic carbocycles. The van der Waals surface area contributed by atoms with E-state index in [2.05, 4.69) is 20.9 Å². The quantitative estimate of drug-likeness (QED) is 0.340. The number of halogens is 1. The van der Waals surface area contributed by atoms with E-state index in [0.29, 0.717) is 39.3 Å². The Morgan fingerprint density at radius 1 is 1.36 bits per heavy atom. The van der Waals surface area contributed by atoms with Crippen molar-refractivity contribution in [1.29, 1.82) is 0 Å². The van der Waals surface area contributed by atoms with E-state index in [4.69, 9.17) is 0 Å². The summed E-state index contributed by atoms with van der Waals surface area (Å²) in [5.41, 5.74) is 0.971. The van der Waals surface area contributed by atoms with Gasteiger partial charge in [-0.05, 0) is 30.5 Å². The number of aromatic nitrogens is 2. The maximum absolute atomic E-state index is 12.9. The monoisotopic (exact) mass is 478 g/mol. The van der Waals surface area contributed by atoms with E-state index < -0.39 is 11.9 Å². The fourth-order valence-electron chi connectivity index (χ4n) is 3.38. The average molecular weight is 479 g/mol. The van der Waals surface area contributed by atoms with Crippen LogP contribution in [0.2, 0.25) is 0 Å². The zero-order chi connectivity index (χ0) is 20.0. The molecule has 9 heteroatoms. The van der Waals surface area contributed by atoms with Gasteiger partial charge in [0, 0.05) is 22.0 Å². The summed E-state index contributed by atoms with van der Waals surface area (Å²) in [5.74, 6) is -1.43. The molecule has 1 atom stereocenters. The van der Waals surface area contributed by atoms with Crippen molar-refractivity contribution in [2.75, 3.05) is 5.75 Å². The Morgan fingerprint density at radius 3 is 2.75 bits per heavy atom. The molecule has 0 radical (unpaired) electrons. The smallest absolute Gasteiger partial charge is 0.311 e. The lowest BCUT2D eigenvalue weighted by molar-refractivity contribution is -0.138. The van der Waals surface area contributed by atoms with Crippen molar-refractivity contribution < 1.29 is 14.7 Å². The van der Waals surface area contributed by atoms with Crippen molar-refractivity contribution in [3.8, 4) is 0 Å². The van der Waals surface area contributed by atoms with Gasteiger partial charge in [-0.25, -0.2) is 4.98 Å². The summed E-state index contributed by atoms with van der Waals surface area (Å²) in [6.07, 6.45) is 1.18. The minimum Gasteiger partial charge on any atom is -0.481 e. The summed E-state index contributed by atoms with van der Waals surface area (Å²) >= 11 is 5.94. The molecule has 1 N–H and O–H groups in total. The summed E-state index contributed by atoms with van der Waals surface area (Å²) < 4.78 is 2.31. The molecule has 1 unspecified atom stereocenters. The number of aryl methyl sites for hydroxylation is 1. The number of thiophene rings is 1. The Labute approximate surface area is 176 Å². The minimum absolute atomic E-state index is 0.0496. The van der Waals surface area contributed by atoms with Crippen LogP contribution in [-0.4, -0.2) is 32.2 Å². The number of benzene rings is 1. The highest BCUT2D eigenvalue weighted by Gasteiger charge is 2.34. The molecule has 0 saturated carbocycles. The number of hydrogen-bond donors (Lipinski definition) is 1. The first-order chi connectivity index (χ1) is 13.4. The van der Waals surface area contributed by atoms with E-state index in [-0.39, 0.29) is 17.1 Å². The fraction of sp³-hybridized carbons (Fsp3) is 0.263. The molecule has 3 aromatic rings. The third-order valence-corrected chi connectivity index (χ3v) is 7.53. The number of hydrogen-bond acceptors (Lipinski definition) is 6. The van der Waals surface area contributed by atoms with Crippen LogP contribution in [0, 0.1) is 0 Å². The van der Waals surface area contributed by atoms with Crippen LogP contribution in [-0.2, 0) is 18.3 Å². The third kappa shape index (κ3) is 3.31. The molecule has 1 aliphatic rings. The Balaban J connectivity index is 1.65. The topological polar surface area (TPSA) is 89.3 Å². The van der Waals surface area contributed by atoms with Gasteiger partial charge >= 0.3 is 5.97 Å². The number of fused-ring (bicyclic) bond motifs is 3. The lowest BCUT2D eigenvalue weighted by atomic mass is 10.0. The zero-order valence-electron chi connectivity index (χ0n) is 14.8. The molecule has 2 aromatic heterocycles. The van der Waals surface area contributed by atoms with Gasteiger partial charge in [0.2, 0.25) is 0 Å². The Hall–Kier alpha value is -1.97. The fourth-order valence-corrected chi connectivity index (χ4v) is 5.80. The van der Waals surface area contributed by atoms with Gasteiger partial charge in [-0.2, -0.15) is 0 Å². The molecule has 0 aliphatic heterocycles. The number of nitrogens with zero attached hydrogens (tertiary/aromatic N) is 2. The highest BCUT2D eigenvalue weighted by Crippen LogP contribution is 2.42. The molecular weight excluding hydrogens is 464 g/mol. The molecule has 2 heterocycles. The maximum atomic E-state index is 12.9. The van der Waals surface area contributed by atoms with Crippen molar-refractivity contribution in [3.63, 3.8) is 0 Å². The predicted molar refractivity (Wildman–Crippen MR) is 113 cm³/mol. The van der Waals surface area contributed by atoms with Crippen molar-refractivity contribution in [2.24, 2.45) is 7.05 Å². The van der Waals surface area contributed by atoms with E-state index in [1.807, 2.05) is 12.1 Å². The van der Waals surface area contributed by atoms with Gasteiger partial charge in [0.05, 0.1) is 17.1 Å². The van der Waals surface area contributed by atoms with Crippen molar-refractivity contribution in [1.82, 2.24) is 9.55 Å². The Morgan fingerprint density at radius 2 is 2.07 bits per heavy atom. The van der Waals surface area contributed by atoms with E-state index >= 15 is 0 Å². The molecule has 0 spiro atoms. The number of thioether (sulfide) groups is 1. The first kappa shape index (κ1) is 19.4. The Kier molecular flexibility index (Phi) is 5.15. The zero-order valence-corrected chi connectivity index (χ0v) is 18.0. The maximum Gasteiger partial charge on any atom is 0.311 e. The summed E-state index contributed by atoms with van der Waals surface area (Å²) in [6, 6.07) is 7.12. The van der Waals surface area contributed by atoms with Crippen LogP contribution in [0.4, 0.5) is 0 Å². The van der Waals surface area contributed by atoms with Gasteiger partial charge in [0.25, 0.3) is 5.56 Å². The van der Waals surface area contributed by atoms with Crippen LogP contribution in [0.5, 0.6) is 0 Å². The second-order valence-corrected chi connectivity index (χ2v) is 9.47. The van der Waals surface area contributed by atoms with Crippen LogP contribution < -0.4 is 5.56 Å². The highest BCUT2D eigenvalue weighted by atomic mass is 79.9. The van der Waals surface area contributed by atoms with Gasteiger partial charge in [0.15, 0.2) is 10.9 Å². The molecule has 28 heavy (non-hydrogen) atoms. The predicted octanol–water partition coefficient (Wildman–Crippen LogP) is 3.85. The number of aliphatic carboxylic acids is 1. The van der Waals surface area contributed by atoms with E-state index in [1.54, 1.807) is 19.2 Å². The number of Topliss-reactive ketones (excluding diaryl/α,β-unsaturated/α-hetero) is 1. The molecule has 144 valence electrons. The van der Waals surface area contributed by atoms with E-state index in [0.717, 1.165) is 9.35 Å². The first-order valence-electron chi connectivity index (χ1n) is 8.53. The SMILES string of the molecule is Cn1c(SCC(=O)c2ccc(Br)cc2)nc2sc3c(c2c1=O)C(C(=O)O)CC3. The van der Waals surface area contributed by atoms with Crippen molar-refractivity contribution in [3.05, 3.63) is 55.1 Å². The second-order valence-electron chi connectivity index (χ2n) is 6.53. The van der Waals surface area contributed by atoms with E-state index in [9.17, 15) is 19.5 Å². The van der Waals surface area contributed by atoms with Crippen molar-refractivity contribution >= 4 is 61.0 Å². The molecular formula is C19H15BrN2O4S2. The molecule has 0 bridgehead atoms. The standard InChI is InChI=1S/C19H15BrN2O4S2/c1-22-17(24)15-14-11(18(25)26)6-7-13(14)28-16(15)21-19(22)27-8-12(23)9-2-4-10(20)5-3-9/h2-5,11H,6-8H2,1H3,(H,25,26). The van der Waals surface area contributed by atoms with Crippen LogP contribution in [0.1, 0.15) is 33.1 Å². The molecule has 6 nitrogen and oxygen atoms in total. The van der Waals surface area contributed by atoms with Crippen LogP contribution >= 0.6 is 39.0 Å². The van der Waals surface area contributed by atoms with Crippen LogP contribution in [0.3, 0.4) is 0 Å².